The molecule has 0 aromatic heterocycles. The lowest BCUT2D eigenvalue weighted by molar-refractivity contribution is -0.312. The second-order valence-corrected chi connectivity index (χ2v) is 12.5. The Morgan fingerprint density at radius 3 is 1.94 bits per heavy atom. The summed E-state index contributed by atoms with van der Waals surface area (Å²) in [6.07, 6.45) is 22.0. The summed E-state index contributed by atoms with van der Waals surface area (Å²) in [5.41, 5.74) is -0.809. The number of ether oxygens (including phenoxy) is 2. The van der Waals surface area contributed by atoms with E-state index in [2.05, 4.69) is 31.2 Å². The van der Waals surface area contributed by atoms with E-state index in [4.69, 9.17) is 40.9 Å². The maximum Gasteiger partial charge on any atom is 0.328 e. The van der Waals surface area contributed by atoms with Gasteiger partial charge in [-0.2, -0.15) is 10.5 Å². The third-order valence-corrected chi connectivity index (χ3v) is 8.18. The van der Waals surface area contributed by atoms with Crippen LogP contribution in [0.5, 0.6) is 0 Å². The summed E-state index contributed by atoms with van der Waals surface area (Å²) in [6.45, 7) is -1.11. The third kappa shape index (κ3) is 14.2. The van der Waals surface area contributed by atoms with Gasteiger partial charge in [-0.1, -0.05) is 70.4 Å². The van der Waals surface area contributed by atoms with Crippen molar-refractivity contribution in [3.05, 3.63) is 12.2 Å². The van der Waals surface area contributed by atoms with Crippen molar-refractivity contribution in [2.45, 2.75) is 134 Å². The van der Waals surface area contributed by atoms with Gasteiger partial charge < -0.3 is 18.9 Å². The molecule has 7 nitrogen and oxygen atoms in total. The minimum Gasteiger partial charge on any atom is -0.324 e. The van der Waals surface area contributed by atoms with Crippen molar-refractivity contribution in [2.24, 2.45) is 0 Å². The quantitative estimate of drug-likeness (QED) is 0.0834. The molecule has 0 amide bonds. The first kappa shape index (κ1) is 33.2. The van der Waals surface area contributed by atoms with Crippen LogP contribution in [0.3, 0.4) is 0 Å². The Morgan fingerprint density at radius 2 is 1.42 bits per heavy atom. The maximum atomic E-state index is 10.3. The molecule has 0 aliphatic carbocycles. The number of nitriles is 2. The minimum absolute atomic E-state index is 0.181. The summed E-state index contributed by atoms with van der Waals surface area (Å²) in [5, 5.41) is 18.1. The van der Waals surface area contributed by atoms with Gasteiger partial charge >= 0.3 is 6.72 Å². The zero-order valence-electron chi connectivity index (χ0n) is 22.4. The normalized spacial score (nSPS) is 20.8. The van der Waals surface area contributed by atoms with Gasteiger partial charge in [0.2, 0.25) is 0 Å². The van der Waals surface area contributed by atoms with Gasteiger partial charge in [0, 0.05) is 26.4 Å². The first-order valence-corrected chi connectivity index (χ1v) is 16.3. The molecule has 0 radical (unpaired) electrons. The van der Waals surface area contributed by atoms with E-state index in [1.54, 1.807) is 0 Å². The van der Waals surface area contributed by atoms with Gasteiger partial charge in [-0.3, -0.25) is 0 Å². The number of rotatable bonds is 22. The van der Waals surface area contributed by atoms with E-state index >= 15 is 0 Å². The molecule has 1 heterocycles. The number of allylic oxidation sites excluding steroid dienone is 2. The van der Waals surface area contributed by atoms with E-state index in [0.29, 0.717) is 19.3 Å². The van der Waals surface area contributed by atoms with Crippen molar-refractivity contribution in [1.82, 2.24) is 0 Å². The first-order valence-electron chi connectivity index (χ1n) is 13.7. The Kier molecular flexibility index (Phi) is 17.8. The Morgan fingerprint density at radius 1 is 0.889 bits per heavy atom. The predicted octanol–water partition coefficient (Wildman–Crippen LogP) is 7.95. The summed E-state index contributed by atoms with van der Waals surface area (Å²) in [6, 6.07) is 4.26. The Labute approximate surface area is 224 Å². The fourth-order valence-corrected chi connectivity index (χ4v) is 5.36. The van der Waals surface area contributed by atoms with Gasteiger partial charge in [-0.15, -0.1) is 0 Å². The zero-order chi connectivity index (χ0) is 26.6. The molecule has 0 aromatic rings. The summed E-state index contributed by atoms with van der Waals surface area (Å²) in [7, 11) is 1.30. The van der Waals surface area contributed by atoms with E-state index in [9.17, 15) is 4.89 Å². The van der Waals surface area contributed by atoms with Crippen molar-refractivity contribution in [1.29, 1.82) is 10.5 Å². The molecule has 1 N–H and O–H groups in total. The zero-order valence-corrected chi connectivity index (χ0v) is 24.1. The Hall–Kier alpha value is -0.830. The Balaban J connectivity index is 2.40. The van der Waals surface area contributed by atoms with Gasteiger partial charge in [0.25, 0.3) is 5.97 Å². The summed E-state index contributed by atoms with van der Waals surface area (Å²) >= 11 is 5.07. The molecule has 36 heavy (non-hydrogen) atoms. The third-order valence-electron chi connectivity index (χ3n) is 6.54. The highest BCUT2D eigenvalue weighted by Crippen LogP contribution is 2.53. The lowest BCUT2D eigenvalue weighted by Crippen LogP contribution is -2.38. The molecule has 0 saturated carbocycles. The molecular weight excluding hydrogens is 495 g/mol. The van der Waals surface area contributed by atoms with Crippen LogP contribution in [0.4, 0.5) is 0 Å². The van der Waals surface area contributed by atoms with Crippen molar-refractivity contribution in [3.63, 3.8) is 0 Å². The second-order valence-electron chi connectivity index (χ2n) is 9.65. The summed E-state index contributed by atoms with van der Waals surface area (Å²) in [5.74, 6) is -1.51. The van der Waals surface area contributed by atoms with Crippen LogP contribution >= 0.6 is 6.72 Å². The molecule has 0 spiro atoms. The number of hydrogen-bond donors (Lipinski definition) is 1. The average Bonchev–Trinajstić information content (AvgIpc) is 3.21. The van der Waals surface area contributed by atoms with Gasteiger partial charge in [-0.05, 0) is 56.8 Å². The maximum absolute atomic E-state index is 10.3. The minimum atomic E-state index is -3.54. The molecule has 1 aliphatic heterocycles. The van der Waals surface area contributed by atoms with E-state index in [1.165, 1.54) is 58.5 Å². The molecule has 1 aliphatic rings. The molecule has 9 heteroatoms. The van der Waals surface area contributed by atoms with Crippen LogP contribution in [-0.4, -0.2) is 30.2 Å². The molecule has 1 saturated heterocycles. The van der Waals surface area contributed by atoms with Crippen molar-refractivity contribution >= 4 is 18.5 Å². The van der Waals surface area contributed by atoms with Crippen LogP contribution in [0, 0.1) is 22.7 Å². The Bertz CT molecular complexity index is 733. The van der Waals surface area contributed by atoms with E-state index in [0.717, 1.165) is 32.1 Å². The van der Waals surface area contributed by atoms with Crippen molar-refractivity contribution in [2.75, 3.05) is 13.7 Å². The van der Waals surface area contributed by atoms with Crippen molar-refractivity contribution in [3.8, 4) is 12.1 Å². The standard InChI is InChI=1S/C27H47N2O5PS/c1-3-4-5-6-7-8-9-10-11-12-13-14-15-16-17-22-27(34-35(30,36)31-2)32-25-26(33-27,20-18-23-28)21-19-24-29/h10-11H,3-9,12-22,25H2,1-2H3,(H,30,36). The fraction of sp³-hybridized carbons (Fsp3) is 0.852. The highest BCUT2D eigenvalue weighted by atomic mass is 32.5. The lowest BCUT2D eigenvalue weighted by atomic mass is 9.93. The van der Waals surface area contributed by atoms with Crippen LogP contribution in [0.15, 0.2) is 12.2 Å². The van der Waals surface area contributed by atoms with Crippen LogP contribution in [0.25, 0.3) is 0 Å². The molecule has 206 valence electrons. The molecule has 0 bridgehead atoms. The highest BCUT2D eigenvalue weighted by molar-refractivity contribution is 8.07. The smallest absolute Gasteiger partial charge is 0.324 e. The van der Waals surface area contributed by atoms with E-state index < -0.39 is 18.3 Å². The second kappa shape index (κ2) is 19.3. The van der Waals surface area contributed by atoms with E-state index in [-0.39, 0.29) is 19.4 Å². The van der Waals surface area contributed by atoms with Crippen LogP contribution in [-0.2, 0) is 30.3 Å². The molecule has 1 rings (SSSR count). The van der Waals surface area contributed by atoms with Gasteiger partial charge in [0.15, 0.2) is 0 Å². The van der Waals surface area contributed by atoms with Crippen LogP contribution in [0.2, 0.25) is 0 Å². The highest BCUT2D eigenvalue weighted by Gasteiger charge is 2.53. The largest absolute Gasteiger partial charge is 0.328 e. The topological polar surface area (TPSA) is 105 Å². The fourth-order valence-electron chi connectivity index (χ4n) is 4.41. The first-order chi connectivity index (χ1) is 17.4. The lowest BCUT2D eigenvalue weighted by Gasteiger charge is -2.33. The number of hydrogen-bond acceptors (Lipinski definition) is 7. The molecule has 2 unspecified atom stereocenters. The summed E-state index contributed by atoms with van der Waals surface area (Å²) < 4.78 is 22.9. The van der Waals surface area contributed by atoms with Crippen LogP contribution in [0.1, 0.15) is 122 Å². The monoisotopic (exact) mass is 542 g/mol. The SMILES string of the molecule is CCCCCCCCC=CCCCCCCCC1(OP(O)(=S)OC)OCC(CCC#N)(CCC#N)O1. The molecule has 2 atom stereocenters. The van der Waals surface area contributed by atoms with E-state index in [1.807, 2.05) is 0 Å². The summed E-state index contributed by atoms with van der Waals surface area (Å²) in [4.78, 5) is 10.3. The number of unbranched alkanes of at least 4 members (excludes halogenated alkanes) is 11. The predicted molar refractivity (Wildman–Crippen MR) is 146 cm³/mol. The van der Waals surface area contributed by atoms with Gasteiger partial charge in [0.05, 0.1) is 24.3 Å². The molecular formula is C27H47N2O5PS. The van der Waals surface area contributed by atoms with Crippen molar-refractivity contribution < 1.29 is 23.4 Å². The molecule has 1 fully saturated rings. The van der Waals surface area contributed by atoms with Gasteiger partial charge in [0.1, 0.15) is 0 Å². The van der Waals surface area contributed by atoms with Crippen LogP contribution < -0.4 is 0 Å². The number of nitrogens with zero attached hydrogens (tertiary/aromatic N) is 2. The average molecular weight is 543 g/mol. The van der Waals surface area contributed by atoms with Gasteiger partial charge in [-0.25, -0.2) is 4.52 Å². The molecule has 0 aromatic carbocycles.